The Morgan fingerprint density at radius 2 is 2.02 bits per heavy atom. The molecule has 0 radical (unpaired) electrons. The number of ether oxygens (including phenoxy) is 1. The van der Waals surface area contributed by atoms with Crippen LogP contribution >= 0.6 is 11.3 Å². The van der Waals surface area contributed by atoms with E-state index in [-0.39, 0.29) is 28.5 Å². The maximum absolute atomic E-state index is 13.2. The minimum atomic E-state index is -4.98. The van der Waals surface area contributed by atoms with Crippen molar-refractivity contribution in [2.45, 2.75) is 44.5 Å². The van der Waals surface area contributed by atoms with Gasteiger partial charge in [-0.25, -0.2) is 9.78 Å². The third kappa shape index (κ3) is 7.96. The number of hydrogen-bond donors (Lipinski definition) is 7. The highest BCUT2D eigenvalue weighted by atomic mass is 32.3. The number of carbonyl (C=O) groups excluding carboxylic acids is 2. The molecule has 0 unspecified atom stereocenters. The molecule has 2 amide bonds. The largest absolute Gasteiger partial charge is 0.489 e. The van der Waals surface area contributed by atoms with Crippen molar-refractivity contribution >= 4 is 56.2 Å². The third-order valence-electron chi connectivity index (χ3n) is 6.55. The summed E-state index contributed by atoms with van der Waals surface area (Å²) in [5, 5.41) is 30.8. The predicted molar refractivity (Wildman–Crippen MR) is 154 cm³/mol. The van der Waals surface area contributed by atoms with Gasteiger partial charge in [-0.15, -0.1) is 15.6 Å². The van der Waals surface area contributed by atoms with Gasteiger partial charge in [-0.05, 0) is 51.1 Å². The Labute approximate surface area is 255 Å². The molecule has 2 aliphatic heterocycles. The van der Waals surface area contributed by atoms with Crippen molar-refractivity contribution < 1.29 is 46.3 Å². The van der Waals surface area contributed by atoms with Gasteiger partial charge in [0.25, 0.3) is 17.9 Å². The molecule has 2 aliphatic rings. The normalized spacial score (nSPS) is 20.9. The lowest BCUT2D eigenvalue weighted by Gasteiger charge is -2.42. The van der Waals surface area contributed by atoms with Gasteiger partial charge in [0, 0.05) is 23.0 Å². The van der Waals surface area contributed by atoms with Gasteiger partial charge < -0.3 is 36.4 Å². The van der Waals surface area contributed by atoms with Gasteiger partial charge in [0.1, 0.15) is 29.9 Å². The monoisotopic (exact) mass is 654 g/mol. The predicted octanol–water partition coefficient (Wildman–Crippen LogP) is -0.987. The fourth-order valence-corrected chi connectivity index (χ4v) is 5.34. The molecule has 18 nitrogen and oxygen atoms in total. The topological polar surface area (TPSA) is 268 Å². The van der Waals surface area contributed by atoms with Gasteiger partial charge in [-0.1, -0.05) is 5.16 Å². The van der Waals surface area contributed by atoms with Crippen molar-refractivity contribution in [1.82, 2.24) is 26.0 Å². The van der Waals surface area contributed by atoms with Crippen LogP contribution < -0.4 is 26.4 Å². The molecule has 4 atom stereocenters. The van der Waals surface area contributed by atoms with Crippen molar-refractivity contribution in [1.29, 1.82) is 5.41 Å². The van der Waals surface area contributed by atoms with Crippen LogP contribution in [-0.2, 0) is 33.9 Å². The molecule has 4 rings (SSSR count). The smallest absolute Gasteiger partial charge is 0.418 e. The van der Waals surface area contributed by atoms with Gasteiger partial charge in [-0.3, -0.25) is 19.6 Å². The number of thiazole rings is 1. The van der Waals surface area contributed by atoms with E-state index in [9.17, 15) is 27.9 Å². The Morgan fingerprint density at radius 3 is 2.57 bits per heavy atom. The van der Waals surface area contributed by atoms with Gasteiger partial charge >= 0.3 is 16.4 Å². The van der Waals surface area contributed by atoms with Crippen molar-refractivity contribution in [3.63, 3.8) is 0 Å². The number of rotatable bonds is 13. The number of carbonyl (C=O) groups is 3. The number of carboxylic acids is 1. The number of aromatic nitrogens is 1. The third-order valence-corrected chi connectivity index (χ3v) is 7.70. The van der Waals surface area contributed by atoms with E-state index < -0.39 is 58.7 Å². The summed E-state index contributed by atoms with van der Waals surface area (Å²) < 4.78 is 40.5. The van der Waals surface area contributed by atoms with E-state index in [1.165, 1.54) is 6.92 Å². The van der Waals surface area contributed by atoms with E-state index >= 15 is 0 Å². The number of nitrogen functional groups attached to an aromatic ring is 1. The molecule has 238 valence electrons. The lowest BCUT2D eigenvalue weighted by Crippen LogP contribution is -2.70. The highest BCUT2D eigenvalue weighted by Crippen LogP contribution is 2.24. The zero-order chi connectivity index (χ0) is 32.2. The summed E-state index contributed by atoms with van der Waals surface area (Å²) in [6.45, 7) is 4.05. The van der Waals surface area contributed by atoms with E-state index in [0.29, 0.717) is 15.5 Å². The molecule has 2 fully saturated rings. The molecule has 0 aliphatic carbocycles. The molecular weight excluding hydrogens is 624 g/mol. The molecule has 44 heavy (non-hydrogen) atoms. The summed E-state index contributed by atoms with van der Waals surface area (Å²) in [5.41, 5.74) is 5.81. The number of aliphatic carboxylic acids is 1. The van der Waals surface area contributed by atoms with Crippen LogP contribution in [0.15, 0.2) is 29.4 Å². The first-order chi connectivity index (χ1) is 20.7. The Kier molecular flexibility index (Phi) is 9.99. The van der Waals surface area contributed by atoms with E-state index in [2.05, 4.69) is 30.4 Å². The number of amides is 2. The first-order valence-corrected chi connectivity index (χ1v) is 15.2. The fraction of sp³-hybridized carbons (Fsp3) is 0.417. The van der Waals surface area contributed by atoms with Crippen molar-refractivity contribution in [2.24, 2.45) is 5.16 Å². The number of amidine groups is 1. The number of aryl methyl sites for hydroxylation is 1. The number of nitrogens with two attached hydrogens (primary N) is 1. The van der Waals surface area contributed by atoms with Gasteiger partial charge in [-0.2, -0.15) is 13.5 Å². The van der Waals surface area contributed by atoms with E-state index in [4.69, 9.17) is 25.3 Å². The van der Waals surface area contributed by atoms with Crippen molar-refractivity contribution in [3.8, 4) is 5.75 Å². The summed E-state index contributed by atoms with van der Waals surface area (Å²) >= 11 is 1.02. The standard InChI is InChI=1S/C24H30N8O10S2/c1-11-17(22(34)32(11)42-44(37,38)39)29-21(33)19(18-12(2)43-24(26)30-18)31-41-16(23(35)36)10-40-15-5-3-13(4-6-15)20(25)28-14-7-8-27-9-14/h3-6,11,14,16-17,27H,7-10H2,1-2H3,(H2,25,28)(H2,26,30)(H,29,33)(H,35,36)(H,37,38,39)/b31-19-/t11-,14+,16-,17-/m0/s1. The highest BCUT2D eigenvalue weighted by Gasteiger charge is 2.49. The van der Waals surface area contributed by atoms with E-state index in [1.54, 1.807) is 31.2 Å². The second-order valence-corrected chi connectivity index (χ2v) is 12.0. The number of nitrogens with one attached hydrogen (secondary N) is 4. The van der Waals surface area contributed by atoms with Crippen molar-refractivity contribution in [3.05, 3.63) is 40.4 Å². The molecule has 0 saturated carbocycles. The van der Waals surface area contributed by atoms with Crippen LogP contribution in [0.1, 0.15) is 29.5 Å². The first kappa shape index (κ1) is 32.5. The van der Waals surface area contributed by atoms with Gasteiger partial charge in [0.15, 0.2) is 10.8 Å². The molecule has 0 spiro atoms. The van der Waals surface area contributed by atoms with Crippen LogP contribution in [0.3, 0.4) is 0 Å². The number of carboxylic acid groups (broad SMARTS) is 1. The Balaban J connectivity index is 1.43. The average Bonchev–Trinajstić information content (AvgIpc) is 3.60. The first-order valence-electron chi connectivity index (χ1n) is 13.0. The van der Waals surface area contributed by atoms with Gasteiger partial charge in [0.05, 0.1) is 6.04 Å². The molecule has 2 aromatic rings. The van der Waals surface area contributed by atoms with Crippen LogP contribution in [0, 0.1) is 12.3 Å². The quantitative estimate of drug-likeness (QED) is 0.0450. The van der Waals surface area contributed by atoms with Gasteiger partial charge in [0.2, 0.25) is 0 Å². The number of anilines is 1. The van der Waals surface area contributed by atoms with Crippen LogP contribution in [0.2, 0.25) is 0 Å². The summed E-state index contributed by atoms with van der Waals surface area (Å²) in [5.74, 6) is -2.93. The highest BCUT2D eigenvalue weighted by molar-refractivity contribution is 7.80. The van der Waals surface area contributed by atoms with E-state index in [0.717, 1.165) is 30.8 Å². The summed E-state index contributed by atoms with van der Waals surface area (Å²) in [7, 11) is -4.98. The zero-order valence-electron chi connectivity index (χ0n) is 23.3. The van der Waals surface area contributed by atoms with E-state index in [1.807, 2.05) is 0 Å². The summed E-state index contributed by atoms with van der Waals surface area (Å²) in [6, 6.07) is 4.28. The number of oxime groups is 1. The SMILES string of the molecule is Cc1sc(N)nc1/C(=N/O[C@@H](COc1ccc(C(=N)N[C@@H]2CCNC2)cc1)C(=O)O)C(=O)N[C@@H]1C(=O)N(OS(=O)(=O)O)[C@H]1C. The fourth-order valence-electron chi connectivity index (χ4n) is 4.24. The average molecular weight is 655 g/mol. The lowest BCUT2D eigenvalue weighted by atomic mass is 10.00. The number of nitrogens with zero attached hydrogens (tertiary/aromatic N) is 3. The molecule has 1 aromatic heterocycles. The Bertz CT molecular complexity index is 1560. The summed E-state index contributed by atoms with van der Waals surface area (Å²) in [4.78, 5) is 47.0. The minimum Gasteiger partial charge on any atom is -0.489 e. The molecule has 1 aromatic carbocycles. The molecule has 2 saturated heterocycles. The van der Waals surface area contributed by atoms with Crippen LogP contribution in [0.5, 0.6) is 5.75 Å². The summed E-state index contributed by atoms with van der Waals surface area (Å²) in [6.07, 6.45) is -0.782. The van der Waals surface area contributed by atoms with Crippen LogP contribution in [-0.4, -0.2) is 101 Å². The maximum Gasteiger partial charge on any atom is 0.418 e. The van der Waals surface area contributed by atoms with Crippen LogP contribution in [0.25, 0.3) is 0 Å². The number of β-lactam (4-membered cyclic amide) rings is 1. The maximum atomic E-state index is 13.2. The number of hydrogen-bond acceptors (Lipinski definition) is 14. The minimum absolute atomic E-state index is 0.0412. The Morgan fingerprint density at radius 1 is 1.32 bits per heavy atom. The molecule has 8 N–H and O–H groups in total. The Hall–Kier alpha value is -4.37. The molecule has 0 bridgehead atoms. The number of benzene rings is 1. The second-order valence-electron chi connectivity index (χ2n) is 9.73. The lowest BCUT2D eigenvalue weighted by molar-refractivity contribution is -0.196. The molecule has 3 heterocycles. The second kappa shape index (κ2) is 13.5. The zero-order valence-corrected chi connectivity index (χ0v) is 25.0. The molecular formula is C24H30N8O10S2. The van der Waals surface area contributed by atoms with Crippen molar-refractivity contribution in [2.75, 3.05) is 25.4 Å². The van der Waals surface area contributed by atoms with Crippen LogP contribution in [0.4, 0.5) is 5.13 Å². The number of hydroxylamine groups is 2. The molecule has 20 heteroatoms.